The van der Waals surface area contributed by atoms with Gasteiger partial charge < -0.3 is 4.74 Å². The van der Waals surface area contributed by atoms with Crippen LogP contribution in [0.1, 0.15) is 26.3 Å². The van der Waals surface area contributed by atoms with Crippen LogP contribution in [0.5, 0.6) is 0 Å². The van der Waals surface area contributed by atoms with Crippen LogP contribution in [0.25, 0.3) is 0 Å². The van der Waals surface area contributed by atoms with E-state index in [0.717, 1.165) is 5.56 Å². The van der Waals surface area contributed by atoms with Crippen LogP contribution in [0.2, 0.25) is 0 Å². The summed E-state index contributed by atoms with van der Waals surface area (Å²) in [5, 5.41) is 0. The number of nitrogens with zero attached hydrogens (tertiary/aromatic N) is 1. The van der Waals surface area contributed by atoms with Crippen LogP contribution in [0.3, 0.4) is 0 Å². The van der Waals surface area contributed by atoms with E-state index in [0.29, 0.717) is 0 Å². The van der Waals surface area contributed by atoms with E-state index in [9.17, 15) is 4.79 Å². The zero-order valence-corrected chi connectivity index (χ0v) is 12.2. The molecule has 3 heteroatoms. The number of hydrogen-bond donors (Lipinski definition) is 0. The smallest absolute Gasteiger partial charge is 0.326 e. The van der Waals surface area contributed by atoms with Gasteiger partial charge in [-0.2, -0.15) is 0 Å². The first kappa shape index (κ1) is 14.7. The number of likely N-dealkylation sites (N-methyl/N-ethyl adjacent to an activating group) is 1. The molecule has 3 nitrogen and oxygen atoms in total. The molecule has 0 aliphatic rings. The first-order valence-corrected chi connectivity index (χ1v) is 6.10. The number of carbonyl (C=O) groups excluding carboxylic acids is 1. The van der Waals surface area contributed by atoms with Gasteiger partial charge in [0.15, 0.2) is 0 Å². The van der Waals surface area contributed by atoms with E-state index >= 15 is 0 Å². The minimum atomic E-state index is -0.719. The molecule has 18 heavy (non-hydrogen) atoms. The Bertz CT molecular complexity index is 412. The fourth-order valence-corrected chi connectivity index (χ4v) is 2.33. The van der Waals surface area contributed by atoms with Gasteiger partial charge in [-0.3, -0.25) is 9.69 Å². The van der Waals surface area contributed by atoms with Crippen LogP contribution in [0.15, 0.2) is 30.3 Å². The van der Waals surface area contributed by atoms with E-state index in [2.05, 4.69) is 13.8 Å². The molecule has 0 radical (unpaired) electrons. The van der Waals surface area contributed by atoms with Crippen LogP contribution < -0.4 is 0 Å². The summed E-state index contributed by atoms with van der Waals surface area (Å²) < 4.78 is 5.00. The molecule has 0 saturated heterocycles. The van der Waals surface area contributed by atoms with Gasteiger partial charge in [0, 0.05) is 5.41 Å². The number of rotatable bonds is 4. The second-order valence-corrected chi connectivity index (χ2v) is 5.45. The van der Waals surface area contributed by atoms with Gasteiger partial charge in [-0.05, 0) is 26.6 Å². The highest BCUT2D eigenvalue weighted by Crippen LogP contribution is 2.38. The number of hydrogen-bond acceptors (Lipinski definition) is 3. The lowest BCUT2D eigenvalue weighted by molar-refractivity contribution is -0.157. The topological polar surface area (TPSA) is 29.5 Å². The Morgan fingerprint density at radius 2 is 1.61 bits per heavy atom. The normalized spacial score (nSPS) is 15.3. The Balaban J connectivity index is 3.34. The summed E-state index contributed by atoms with van der Waals surface area (Å²) in [7, 11) is 5.24. The molecule has 0 aliphatic heterocycles. The summed E-state index contributed by atoms with van der Waals surface area (Å²) in [6, 6.07) is 10.1. The zero-order valence-electron chi connectivity index (χ0n) is 12.2. The van der Waals surface area contributed by atoms with Crippen molar-refractivity contribution >= 4 is 5.97 Å². The average Bonchev–Trinajstić information content (AvgIpc) is 2.37. The van der Waals surface area contributed by atoms with Crippen molar-refractivity contribution in [2.75, 3.05) is 21.2 Å². The van der Waals surface area contributed by atoms with Gasteiger partial charge in [-0.25, -0.2) is 0 Å². The molecular weight excluding hydrogens is 226 g/mol. The minimum absolute atomic E-state index is 0.221. The summed E-state index contributed by atoms with van der Waals surface area (Å²) >= 11 is 0. The molecule has 0 amide bonds. The monoisotopic (exact) mass is 249 g/mol. The van der Waals surface area contributed by atoms with Crippen molar-refractivity contribution in [3.63, 3.8) is 0 Å². The second kappa shape index (κ2) is 5.11. The lowest BCUT2D eigenvalue weighted by Gasteiger charge is -2.46. The van der Waals surface area contributed by atoms with Crippen molar-refractivity contribution < 1.29 is 9.53 Å². The molecule has 0 aliphatic carbocycles. The molecule has 0 bridgehead atoms. The Labute approximate surface area is 110 Å². The number of benzene rings is 1. The van der Waals surface area contributed by atoms with Gasteiger partial charge in [0.1, 0.15) is 5.54 Å². The highest BCUT2D eigenvalue weighted by molar-refractivity contribution is 5.82. The summed E-state index contributed by atoms with van der Waals surface area (Å²) in [4.78, 5) is 14.2. The number of carbonyl (C=O) groups is 1. The first-order chi connectivity index (χ1) is 8.28. The molecule has 0 N–H and O–H groups in total. The molecule has 1 aromatic carbocycles. The Morgan fingerprint density at radius 3 is 2.00 bits per heavy atom. The maximum Gasteiger partial charge on any atom is 0.326 e. The molecule has 1 atom stereocenters. The van der Waals surface area contributed by atoms with Crippen LogP contribution >= 0.6 is 0 Å². The minimum Gasteiger partial charge on any atom is -0.468 e. The molecule has 0 heterocycles. The van der Waals surface area contributed by atoms with Crippen LogP contribution in [-0.2, 0) is 14.9 Å². The third-order valence-corrected chi connectivity index (χ3v) is 4.19. The number of esters is 1. The van der Waals surface area contributed by atoms with Gasteiger partial charge in [0.25, 0.3) is 0 Å². The van der Waals surface area contributed by atoms with Crippen LogP contribution in [0, 0.1) is 0 Å². The Hall–Kier alpha value is -1.35. The number of methoxy groups -OCH3 is 1. The highest BCUT2D eigenvalue weighted by Gasteiger charge is 2.50. The summed E-state index contributed by atoms with van der Waals surface area (Å²) in [5.74, 6) is -0.221. The standard InChI is InChI=1S/C15H23NO2/c1-14(2,12-10-8-7-9-11-12)15(3,16(4)5)13(17)18-6/h7-11H,1-6H3/t15-/m1/s1. The van der Waals surface area contributed by atoms with Crippen molar-refractivity contribution in [1.29, 1.82) is 0 Å². The summed E-state index contributed by atoms with van der Waals surface area (Å²) in [6.45, 7) is 6.06. The highest BCUT2D eigenvalue weighted by atomic mass is 16.5. The number of ether oxygens (including phenoxy) is 1. The van der Waals surface area contributed by atoms with Crippen LogP contribution in [-0.4, -0.2) is 37.6 Å². The average molecular weight is 249 g/mol. The fourth-order valence-electron chi connectivity index (χ4n) is 2.33. The molecule has 1 rings (SSSR count). The third-order valence-electron chi connectivity index (χ3n) is 4.19. The molecule has 0 fully saturated rings. The third kappa shape index (κ3) is 2.15. The van der Waals surface area contributed by atoms with E-state index in [1.165, 1.54) is 7.11 Å². The second-order valence-electron chi connectivity index (χ2n) is 5.45. The van der Waals surface area contributed by atoms with Crippen LogP contribution in [0.4, 0.5) is 0 Å². The van der Waals surface area contributed by atoms with Crippen molar-refractivity contribution in [1.82, 2.24) is 4.90 Å². The van der Waals surface area contributed by atoms with Gasteiger partial charge in [0.2, 0.25) is 0 Å². The van der Waals surface area contributed by atoms with Crippen molar-refractivity contribution in [3.05, 3.63) is 35.9 Å². The predicted molar refractivity (Wildman–Crippen MR) is 73.6 cm³/mol. The molecule has 100 valence electrons. The van der Waals surface area contributed by atoms with E-state index in [1.54, 1.807) is 0 Å². The summed E-state index contributed by atoms with van der Waals surface area (Å²) in [6.07, 6.45) is 0. The molecule has 0 unspecified atom stereocenters. The fraction of sp³-hybridized carbons (Fsp3) is 0.533. The van der Waals surface area contributed by atoms with Crippen molar-refractivity contribution in [3.8, 4) is 0 Å². The van der Waals surface area contributed by atoms with Gasteiger partial charge in [-0.1, -0.05) is 44.2 Å². The lowest BCUT2D eigenvalue weighted by Crippen LogP contribution is -2.61. The summed E-state index contributed by atoms with van der Waals surface area (Å²) in [5.41, 5.74) is 0.0418. The molecular formula is C15H23NO2. The van der Waals surface area contributed by atoms with E-state index < -0.39 is 5.54 Å². The van der Waals surface area contributed by atoms with Gasteiger partial charge >= 0.3 is 5.97 Å². The van der Waals surface area contributed by atoms with E-state index in [-0.39, 0.29) is 11.4 Å². The quantitative estimate of drug-likeness (QED) is 0.768. The molecule has 0 saturated carbocycles. The lowest BCUT2D eigenvalue weighted by atomic mass is 9.68. The predicted octanol–water partition coefficient (Wildman–Crippen LogP) is 2.46. The Kier molecular flexibility index (Phi) is 4.17. The SMILES string of the molecule is COC(=O)[C@@](C)(N(C)C)C(C)(C)c1ccccc1. The molecule has 0 aromatic heterocycles. The first-order valence-electron chi connectivity index (χ1n) is 6.10. The largest absolute Gasteiger partial charge is 0.468 e. The van der Waals surface area contributed by atoms with Crippen molar-refractivity contribution in [2.24, 2.45) is 0 Å². The maximum atomic E-state index is 12.2. The molecule has 0 spiro atoms. The van der Waals surface area contributed by atoms with E-state index in [1.807, 2.05) is 56.3 Å². The maximum absolute atomic E-state index is 12.2. The van der Waals surface area contributed by atoms with Crippen molar-refractivity contribution in [2.45, 2.75) is 31.7 Å². The molecule has 1 aromatic rings. The zero-order chi connectivity index (χ0) is 14.0. The Morgan fingerprint density at radius 1 is 1.11 bits per heavy atom. The van der Waals surface area contributed by atoms with E-state index in [4.69, 9.17) is 4.74 Å². The van der Waals surface area contributed by atoms with Gasteiger partial charge in [0.05, 0.1) is 7.11 Å². The van der Waals surface area contributed by atoms with Gasteiger partial charge in [-0.15, -0.1) is 0 Å².